The summed E-state index contributed by atoms with van der Waals surface area (Å²) in [6.45, 7) is 0. The normalized spacial score (nSPS) is 12.0. The Labute approximate surface area is 132 Å². The zero-order chi connectivity index (χ0) is 17.9. The summed E-state index contributed by atoms with van der Waals surface area (Å²) >= 11 is 10.4. The molecule has 0 aromatic heterocycles. The molecule has 0 unspecified atom stereocenters. The number of benzene rings is 2. The van der Waals surface area contributed by atoms with Crippen molar-refractivity contribution >= 4 is 39.9 Å². The molecule has 0 aliphatic heterocycles. The van der Waals surface area contributed by atoms with Crippen LogP contribution < -0.4 is 0 Å². The number of hydrogen-bond acceptors (Lipinski definition) is 1. The summed E-state index contributed by atoms with van der Waals surface area (Å²) in [7, 11) is 0. The topological polar surface area (TPSA) is 37.3 Å². The molecule has 124 valence electrons. The van der Waals surface area contributed by atoms with Gasteiger partial charge in [0.25, 0.3) is 0 Å². The predicted molar refractivity (Wildman–Crippen MR) is 64.7 cm³/mol. The molecular formula is C12HCl2F7O2. The summed E-state index contributed by atoms with van der Waals surface area (Å²) in [6.07, 6.45) is 0. The molecule has 0 atom stereocenters. The van der Waals surface area contributed by atoms with Crippen molar-refractivity contribution in [3.05, 3.63) is 46.3 Å². The quantitative estimate of drug-likeness (QED) is 0.359. The third-order valence-electron chi connectivity index (χ3n) is 2.92. The zero-order valence-electron chi connectivity index (χ0n) is 10.3. The molecule has 2 aromatic rings. The first-order valence-electron chi connectivity index (χ1n) is 5.38. The van der Waals surface area contributed by atoms with Crippen molar-refractivity contribution in [2.24, 2.45) is 0 Å². The number of carbonyl (C=O) groups is 1. The molecular weight excluding hydrogens is 380 g/mol. The molecule has 23 heavy (non-hydrogen) atoms. The Hall–Kier alpha value is -1.74. The maximum absolute atomic E-state index is 14.2. The molecule has 2 rings (SSSR count). The van der Waals surface area contributed by atoms with Gasteiger partial charge in [0.1, 0.15) is 5.82 Å². The minimum atomic E-state index is -3.45. The Kier molecular flexibility index (Phi) is 4.15. The maximum atomic E-state index is 14.2. The molecule has 2 aromatic carbocycles. The molecule has 0 spiro atoms. The minimum Gasteiger partial charge on any atom is -0.479 e. The Morgan fingerprint density at radius 1 is 0.696 bits per heavy atom. The molecule has 0 saturated heterocycles. The van der Waals surface area contributed by atoms with Crippen molar-refractivity contribution in [1.29, 1.82) is 0 Å². The monoisotopic (exact) mass is 380 g/mol. The van der Waals surface area contributed by atoms with E-state index in [-0.39, 0.29) is 0 Å². The number of rotatable bonds is 2. The van der Waals surface area contributed by atoms with E-state index in [1.54, 1.807) is 0 Å². The van der Waals surface area contributed by atoms with Gasteiger partial charge in [0.05, 0.1) is 16.3 Å². The Balaban J connectivity index is 3.17. The number of halogens is 9. The molecule has 0 aliphatic carbocycles. The summed E-state index contributed by atoms with van der Waals surface area (Å²) in [5.41, 5.74) is -1.91. The van der Waals surface area contributed by atoms with Crippen molar-refractivity contribution in [2.45, 2.75) is 4.33 Å². The first kappa shape index (κ1) is 17.6. The molecule has 0 bridgehead atoms. The molecule has 0 heterocycles. The van der Waals surface area contributed by atoms with Gasteiger partial charge in [-0.25, -0.2) is 35.5 Å². The second-order valence-electron chi connectivity index (χ2n) is 4.20. The van der Waals surface area contributed by atoms with Crippen LogP contribution in [0.4, 0.5) is 30.7 Å². The highest BCUT2D eigenvalue weighted by molar-refractivity contribution is 6.56. The number of fused-ring (bicyclic) bond motifs is 1. The van der Waals surface area contributed by atoms with Crippen LogP contribution in [0.5, 0.6) is 0 Å². The van der Waals surface area contributed by atoms with E-state index in [0.717, 1.165) is 0 Å². The molecule has 2 nitrogen and oxygen atoms in total. The van der Waals surface area contributed by atoms with Crippen molar-refractivity contribution in [2.75, 3.05) is 0 Å². The van der Waals surface area contributed by atoms with E-state index < -0.39 is 67.4 Å². The van der Waals surface area contributed by atoms with E-state index in [9.17, 15) is 35.5 Å². The van der Waals surface area contributed by atoms with Gasteiger partial charge in [0.2, 0.25) is 4.33 Å². The average molecular weight is 381 g/mol. The maximum Gasteiger partial charge on any atom is 0.345 e. The van der Waals surface area contributed by atoms with Crippen LogP contribution >= 0.6 is 23.2 Å². The highest BCUT2D eigenvalue weighted by Crippen LogP contribution is 2.43. The van der Waals surface area contributed by atoms with Crippen LogP contribution in [-0.4, -0.2) is 11.1 Å². The molecule has 0 aliphatic rings. The SMILES string of the molecule is O=C(O)C(Cl)(Cl)c1c(F)c(F)c2c(F)c(F)c(F)c(F)c2c1F. The van der Waals surface area contributed by atoms with Crippen LogP contribution in [-0.2, 0) is 9.13 Å². The van der Waals surface area contributed by atoms with Gasteiger partial charge in [-0.15, -0.1) is 0 Å². The first-order chi connectivity index (χ1) is 10.4. The Morgan fingerprint density at radius 3 is 1.43 bits per heavy atom. The van der Waals surface area contributed by atoms with E-state index in [0.29, 0.717) is 0 Å². The second-order valence-corrected chi connectivity index (χ2v) is 5.53. The van der Waals surface area contributed by atoms with Gasteiger partial charge < -0.3 is 5.11 Å². The third kappa shape index (κ3) is 2.29. The van der Waals surface area contributed by atoms with Gasteiger partial charge in [-0.2, -0.15) is 0 Å². The standard InChI is InChI=1S/C12HCl2F7O2/c13-12(14,11(22)23)3-4(15)1-2(5(16)8(3)19)7(18)10(21)9(20)6(1)17/h(H,22,23). The Bertz CT molecular complexity index is 867. The van der Waals surface area contributed by atoms with Crippen LogP contribution in [0.25, 0.3) is 10.8 Å². The van der Waals surface area contributed by atoms with Crippen molar-refractivity contribution in [3.63, 3.8) is 0 Å². The van der Waals surface area contributed by atoms with Gasteiger partial charge in [0.15, 0.2) is 34.9 Å². The van der Waals surface area contributed by atoms with Crippen LogP contribution in [0.1, 0.15) is 5.56 Å². The van der Waals surface area contributed by atoms with Crippen LogP contribution in [0.3, 0.4) is 0 Å². The third-order valence-corrected chi connectivity index (χ3v) is 3.62. The van der Waals surface area contributed by atoms with E-state index in [1.165, 1.54) is 0 Å². The summed E-state index contributed by atoms with van der Waals surface area (Å²) in [5, 5.41) is 4.94. The fourth-order valence-corrected chi connectivity index (χ4v) is 2.20. The molecule has 1 N–H and O–H groups in total. The van der Waals surface area contributed by atoms with E-state index in [2.05, 4.69) is 0 Å². The fraction of sp³-hybridized carbons (Fsp3) is 0.0833. The lowest BCUT2D eigenvalue weighted by Gasteiger charge is -2.19. The summed E-state index contributed by atoms with van der Waals surface area (Å²) in [6, 6.07) is 0. The van der Waals surface area contributed by atoms with Gasteiger partial charge in [0, 0.05) is 0 Å². The average Bonchev–Trinajstić information content (AvgIpc) is 2.46. The highest BCUT2D eigenvalue weighted by atomic mass is 35.5. The predicted octanol–water partition coefficient (Wildman–Crippen LogP) is 4.53. The molecule has 0 fully saturated rings. The number of carboxylic acids is 1. The van der Waals surface area contributed by atoms with Gasteiger partial charge in [-0.1, -0.05) is 23.2 Å². The fourth-order valence-electron chi connectivity index (χ4n) is 1.87. The molecule has 0 saturated carbocycles. The van der Waals surface area contributed by atoms with Crippen LogP contribution in [0, 0.1) is 40.7 Å². The number of carboxylic acid groups (broad SMARTS) is 1. The Morgan fingerprint density at radius 2 is 1.04 bits per heavy atom. The number of aliphatic carboxylic acids is 1. The highest BCUT2D eigenvalue weighted by Gasteiger charge is 2.44. The summed E-state index contributed by atoms with van der Waals surface area (Å²) in [4.78, 5) is 10.8. The molecule has 0 radical (unpaired) electrons. The molecule has 11 heteroatoms. The van der Waals surface area contributed by atoms with Crippen molar-refractivity contribution < 1.29 is 40.6 Å². The lowest BCUT2D eigenvalue weighted by atomic mass is 10.00. The van der Waals surface area contributed by atoms with E-state index >= 15 is 0 Å². The molecule has 0 amide bonds. The first-order valence-corrected chi connectivity index (χ1v) is 6.13. The summed E-state index contributed by atoms with van der Waals surface area (Å²) < 4.78 is 91.8. The zero-order valence-corrected chi connectivity index (χ0v) is 11.8. The van der Waals surface area contributed by atoms with Gasteiger partial charge >= 0.3 is 5.97 Å². The van der Waals surface area contributed by atoms with Crippen LogP contribution in [0.2, 0.25) is 0 Å². The largest absolute Gasteiger partial charge is 0.479 e. The minimum absolute atomic E-state index is 1.87. The second kappa shape index (κ2) is 5.41. The lowest BCUT2D eigenvalue weighted by molar-refractivity contribution is -0.138. The van der Waals surface area contributed by atoms with Crippen molar-refractivity contribution in [3.8, 4) is 0 Å². The lowest BCUT2D eigenvalue weighted by Crippen LogP contribution is -2.27. The number of alkyl halides is 2. The van der Waals surface area contributed by atoms with Crippen molar-refractivity contribution in [1.82, 2.24) is 0 Å². The van der Waals surface area contributed by atoms with E-state index in [1.807, 2.05) is 0 Å². The number of hydrogen-bond donors (Lipinski definition) is 1. The smallest absolute Gasteiger partial charge is 0.345 e. The summed E-state index contributed by atoms with van der Waals surface area (Å²) in [5.74, 6) is -19.2. The van der Waals surface area contributed by atoms with E-state index in [4.69, 9.17) is 28.3 Å². The van der Waals surface area contributed by atoms with Gasteiger partial charge in [-0.3, -0.25) is 0 Å². The van der Waals surface area contributed by atoms with Gasteiger partial charge in [-0.05, 0) is 0 Å². The van der Waals surface area contributed by atoms with Crippen LogP contribution in [0.15, 0.2) is 0 Å².